The fourth-order valence-corrected chi connectivity index (χ4v) is 2.86. The van der Waals surface area contributed by atoms with Crippen LogP contribution in [0.1, 0.15) is 5.56 Å². The van der Waals surface area contributed by atoms with E-state index in [9.17, 15) is 12.8 Å². The summed E-state index contributed by atoms with van der Waals surface area (Å²) in [7, 11) is -3.92. The average molecular weight is 316 g/mol. The molecule has 8 heteroatoms. The highest BCUT2D eigenvalue weighted by Crippen LogP contribution is 2.25. The normalized spacial score (nSPS) is 11.3. The second kappa shape index (κ2) is 5.74. The summed E-state index contributed by atoms with van der Waals surface area (Å²) in [6, 6.07) is 5.06. The third-order valence-corrected chi connectivity index (χ3v) is 4.32. The minimum absolute atomic E-state index is 0.0611. The van der Waals surface area contributed by atoms with Crippen LogP contribution in [0.2, 0.25) is 5.02 Å². The molecule has 3 N–H and O–H groups in total. The number of rotatable bonds is 4. The Morgan fingerprint density at radius 1 is 1.30 bits per heavy atom. The van der Waals surface area contributed by atoms with Crippen LogP contribution in [0.25, 0.3) is 0 Å². The number of nitrogens with zero attached hydrogens (tertiary/aromatic N) is 1. The van der Waals surface area contributed by atoms with Crippen molar-refractivity contribution in [3.63, 3.8) is 0 Å². The van der Waals surface area contributed by atoms with Gasteiger partial charge >= 0.3 is 0 Å². The number of nitrogens with two attached hydrogens (primary N) is 1. The van der Waals surface area contributed by atoms with Crippen molar-refractivity contribution in [1.82, 2.24) is 4.98 Å². The van der Waals surface area contributed by atoms with Gasteiger partial charge in [-0.2, -0.15) is 0 Å². The minimum Gasteiger partial charge on any atom is -0.326 e. The van der Waals surface area contributed by atoms with Gasteiger partial charge in [-0.25, -0.2) is 12.8 Å². The molecule has 0 spiro atoms. The maximum Gasteiger partial charge on any atom is 0.262 e. The van der Waals surface area contributed by atoms with E-state index in [1.165, 1.54) is 30.6 Å². The molecule has 0 aliphatic rings. The molecule has 0 atom stereocenters. The van der Waals surface area contributed by atoms with E-state index < -0.39 is 15.8 Å². The van der Waals surface area contributed by atoms with Crippen LogP contribution in [0.15, 0.2) is 41.6 Å². The molecule has 106 valence electrons. The monoisotopic (exact) mass is 315 g/mol. The van der Waals surface area contributed by atoms with Gasteiger partial charge in [0.1, 0.15) is 5.82 Å². The molecule has 2 rings (SSSR count). The van der Waals surface area contributed by atoms with Crippen molar-refractivity contribution in [3.05, 3.63) is 53.1 Å². The number of halogens is 2. The van der Waals surface area contributed by atoms with E-state index in [-0.39, 0.29) is 22.0 Å². The lowest BCUT2D eigenvalue weighted by Crippen LogP contribution is -2.14. The van der Waals surface area contributed by atoms with E-state index in [4.69, 9.17) is 17.3 Å². The largest absolute Gasteiger partial charge is 0.326 e. The maximum atomic E-state index is 13.6. The number of nitrogens with one attached hydrogen (secondary N) is 1. The Labute approximate surface area is 120 Å². The summed E-state index contributed by atoms with van der Waals surface area (Å²) >= 11 is 5.70. The predicted molar refractivity (Wildman–Crippen MR) is 74.3 cm³/mol. The molecule has 0 radical (unpaired) electrons. The number of hydrogen-bond donors (Lipinski definition) is 2. The lowest BCUT2D eigenvalue weighted by atomic mass is 10.2. The zero-order valence-electron chi connectivity index (χ0n) is 10.2. The molecule has 0 bridgehead atoms. The van der Waals surface area contributed by atoms with Crippen molar-refractivity contribution >= 4 is 27.3 Å². The van der Waals surface area contributed by atoms with E-state index in [0.29, 0.717) is 5.69 Å². The first-order chi connectivity index (χ1) is 9.44. The third kappa shape index (κ3) is 3.06. The molecule has 0 amide bonds. The van der Waals surface area contributed by atoms with Crippen LogP contribution in [0.5, 0.6) is 0 Å². The SMILES string of the molecule is NCc1cc(S(=O)(=O)Nc2ccncc2)cc(F)c1Cl. The van der Waals surface area contributed by atoms with Crippen LogP contribution in [0.3, 0.4) is 0 Å². The Morgan fingerprint density at radius 3 is 2.55 bits per heavy atom. The molecule has 5 nitrogen and oxygen atoms in total. The van der Waals surface area contributed by atoms with Crippen molar-refractivity contribution in [1.29, 1.82) is 0 Å². The second-order valence-corrected chi connectivity index (χ2v) is 5.98. The fraction of sp³-hybridized carbons (Fsp3) is 0.0833. The lowest BCUT2D eigenvalue weighted by molar-refractivity contribution is 0.594. The number of benzene rings is 1. The van der Waals surface area contributed by atoms with Crippen LogP contribution in [0.4, 0.5) is 10.1 Å². The van der Waals surface area contributed by atoms with Crippen LogP contribution in [-0.4, -0.2) is 13.4 Å². The number of pyridine rings is 1. The van der Waals surface area contributed by atoms with Gasteiger partial charge in [0.2, 0.25) is 0 Å². The Bertz CT molecular complexity index is 723. The minimum atomic E-state index is -3.92. The summed E-state index contributed by atoms with van der Waals surface area (Å²) in [6.07, 6.45) is 2.87. The topological polar surface area (TPSA) is 85.1 Å². The van der Waals surface area contributed by atoms with E-state index in [1.54, 1.807) is 0 Å². The van der Waals surface area contributed by atoms with E-state index in [2.05, 4.69) is 9.71 Å². The van der Waals surface area contributed by atoms with E-state index in [1.807, 2.05) is 0 Å². The summed E-state index contributed by atoms with van der Waals surface area (Å²) in [5, 5.41) is -0.171. The summed E-state index contributed by atoms with van der Waals surface area (Å²) in [4.78, 5) is 3.53. The standard InChI is InChI=1S/C12H11ClFN3O2S/c13-12-8(7-15)5-10(6-11(12)14)20(18,19)17-9-1-3-16-4-2-9/h1-6H,7,15H2,(H,16,17). The number of aromatic nitrogens is 1. The van der Waals surface area contributed by atoms with Gasteiger partial charge in [-0.05, 0) is 29.8 Å². The van der Waals surface area contributed by atoms with Crippen molar-refractivity contribution in [3.8, 4) is 0 Å². The molecule has 0 aliphatic heterocycles. The predicted octanol–water partition coefficient (Wildman–Crippen LogP) is 2.13. The fourth-order valence-electron chi connectivity index (χ4n) is 1.56. The molecular formula is C12H11ClFN3O2S. The van der Waals surface area contributed by atoms with Crippen LogP contribution in [-0.2, 0) is 16.6 Å². The maximum absolute atomic E-state index is 13.6. The molecule has 0 saturated carbocycles. The molecule has 0 aliphatic carbocycles. The molecule has 2 aromatic rings. The zero-order valence-corrected chi connectivity index (χ0v) is 11.7. The van der Waals surface area contributed by atoms with Gasteiger partial charge in [-0.3, -0.25) is 9.71 Å². The van der Waals surface area contributed by atoms with Crippen molar-refractivity contribution in [2.24, 2.45) is 5.73 Å². The molecule has 0 fully saturated rings. The smallest absolute Gasteiger partial charge is 0.262 e. The molecule has 1 aromatic carbocycles. The van der Waals surface area contributed by atoms with Gasteiger partial charge in [0.15, 0.2) is 0 Å². The third-order valence-electron chi connectivity index (χ3n) is 2.54. The number of anilines is 1. The molecule has 1 aromatic heterocycles. The lowest BCUT2D eigenvalue weighted by Gasteiger charge is -2.10. The van der Waals surface area contributed by atoms with Gasteiger partial charge in [0.25, 0.3) is 10.0 Å². The van der Waals surface area contributed by atoms with Crippen LogP contribution in [0, 0.1) is 5.82 Å². The first-order valence-electron chi connectivity index (χ1n) is 5.55. The van der Waals surface area contributed by atoms with Crippen LogP contribution < -0.4 is 10.5 Å². The van der Waals surface area contributed by atoms with Gasteiger partial charge in [0.05, 0.1) is 15.6 Å². The summed E-state index contributed by atoms with van der Waals surface area (Å²) in [5.74, 6) is -0.829. The van der Waals surface area contributed by atoms with E-state index >= 15 is 0 Å². The van der Waals surface area contributed by atoms with E-state index in [0.717, 1.165) is 6.07 Å². The van der Waals surface area contributed by atoms with Crippen molar-refractivity contribution < 1.29 is 12.8 Å². The second-order valence-electron chi connectivity index (χ2n) is 3.92. The Balaban J connectivity index is 2.42. The van der Waals surface area contributed by atoms with Gasteiger partial charge < -0.3 is 5.73 Å². The first kappa shape index (κ1) is 14.7. The van der Waals surface area contributed by atoms with Gasteiger partial charge in [-0.1, -0.05) is 11.6 Å². The Kier molecular flexibility index (Phi) is 4.22. The van der Waals surface area contributed by atoms with Crippen molar-refractivity contribution in [2.45, 2.75) is 11.4 Å². The Hall–Kier alpha value is -1.70. The number of hydrogen-bond acceptors (Lipinski definition) is 4. The van der Waals surface area contributed by atoms with Crippen LogP contribution >= 0.6 is 11.6 Å². The van der Waals surface area contributed by atoms with Gasteiger partial charge in [0, 0.05) is 18.9 Å². The quantitative estimate of drug-likeness (QED) is 0.905. The van der Waals surface area contributed by atoms with Crippen molar-refractivity contribution in [2.75, 3.05) is 4.72 Å². The highest BCUT2D eigenvalue weighted by molar-refractivity contribution is 7.92. The summed E-state index contributed by atoms with van der Waals surface area (Å²) in [6.45, 7) is -0.0611. The Morgan fingerprint density at radius 2 is 1.95 bits per heavy atom. The number of sulfonamides is 1. The highest BCUT2D eigenvalue weighted by atomic mass is 35.5. The summed E-state index contributed by atoms with van der Waals surface area (Å²) in [5.41, 5.74) is 5.96. The molecule has 0 saturated heterocycles. The first-order valence-corrected chi connectivity index (χ1v) is 7.41. The molecule has 20 heavy (non-hydrogen) atoms. The zero-order chi connectivity index (χ0) is 14.8. The summed E-state index contributed by atoms with van der Waals surface area (Å²) < 4.78 is 40.2. The average Bonchev–Trinajstić information content (AvgIpc) is 2.42. The molecular weight excluding hydrogens is 305 g/mol. The molecule has 1 heterocycles. The highest BCUT2D eigenvalue weighted by Gasteiger charge is 2.18. The molecule has 0 unspecified atom stereocenters. The van der Waals surface area contributed by atoms with Gasteiger partial charge in [-0.15, -0.1) is 0 Å².